The van der Waals surface area contributed by atoms with Gasteiger partial charge in [-0.2, -0.15) is 0 Å². The molecule has 0 atom stereocenters. The molecule has 0 saturated heterocycles. The van der Waals surface area contributed by atoms with E-state index in [4.69, 9.17) is 25.8 Å². The molecule has 3 nitrogen and oxygen atoms in total. The van der Waals surface area contributed by atoms with E-state index in [1.165, 1.54) is 13.2 Å². The number of benzene rings is 2. The highest BCUT2D eigenvalue weighted by Gasteiger charge is 2.11. The van der Waals surface area contributed by atoms with Gasteiger partial charge in [-0.15, -0.1) is 11.6 Å². The Hall–Kier alpha value is -1.94. The van der Waals surface area contributed by atoms with E-state index in [2.05, 4.69) is 0 Å². The van der Waals surface area contributed by atoms with Crippen LogP contribution in [0.5, 0.6) is 17.2 Å². The van der Waals surface area contributed by atoms with Crippen LogP contribution in [0.1, 0.15) is 11.1 Å². The van der Waals surface area contributed by atoms with Gasteiger partial charge < -0.3 is 14.2 Å². The van der Waals surface area contributed by atoms with E-state index in [1.807, 2.05) is 12.1 Å². The van der Waals surface area contributed by atoms with Crippen molar-refractivity contribution in [2.24, 2.45) is 0 Å². The van der Waals surface area contributed by atoms with E-state index in [1.54, 1.807) is 25.3 Å². The van der Waals surface area contributed by atoms with Crippen LogP contribution in [0.3, 0.4) is 0 Å². The lowest BCUT2D eigenvalue weighted by atomic mass is 10.2. The third-order valence-electron chi connectivity index (χ3n) is 3.02. The van der Waals surface area contributed by atoms with Gasteiger partial charge in [-0.3, -0.25) is 0 Å². The maximum absolute atomic E-state index is 13.6. The van der Waals surface area contributed by atoms with E-state index in [0.717, 1.165) is 5.56 Å². The van der Waals surface area contributed by atoms with Gasteiger partial charge in [0.2, 0.25) is 0 Å². The number of hydrogen-bond donors (Lipinski definition) is 0. The molecule has 2 rings (SSSR count). The fraction of sp³-hybridized carbons (Fsp3) is 0.250. The molecule has 2 aromatic rings. The zero-order chi connectivity index (χ0) is 15.2. The molecule has 0 spiro atoms. The van der Waals surface area contributed by atoms with E-state index in [0.29, 0.717) is 22.9 Å². The summed E-state index contributed by atoms with van der Waals surface area (Å²) in [4.78, 5) is 0. The average Bonchev–Trinajstić information content (AvgIpc) is 2.52. The number of methoxy groups -OCH3 is 2. The quantitative estimate of drug-likeness (QED) is 0.750. The highest BCUT2D eigenvalue weighted by molar-refractivity contribution is 6.17. The first-order valence-electron chi connectivity index (χ1n) is 6.36. The summed E-state index contributed by atoms with van der Waals surface area (Å²) in [6.07, 6.45) is 0. The molecular formula is C16H16ClFO3. The van der Waals surface area contributed by atoms with Gasteiger partial charge in [-0.1, -0.05) is 18.2 Å². The molecule has 0 aliphatic carbocycles. The van der Waals surface area contributed by atoms with E-state index >= 15 is 0 Å². The van der Waals surface area contributed by atoms with Crippen molar-refractivity contribution >= 4 is 11.6 Å². The highest BCUT2D eigenvalue weighted by atomic mass is 35.5. The zero-order valence-corrected chi connectivity index (χ0v) is 12.6. The summed E-state index contributed by atoms with van der Waals surface area (Å²) in [6, 6.07) is 10.2. The minimum atomic E-state index is -0.420. The standard InChI is InChI=1S/C16H16ClFO3/c1-19-14-7-6-11(8-13(14)18)10-21-16-12(9-17)4-3-5-15(16)20-2/h3-8H,9-10H2,1-2H3. The number of alkyl halides is 1. The molecule has 0 heterocycles. The first-order valence-corrected chi connectivity index (χ1v) is 6.90. The summed E-state index contributed by atoms with van der Waals surface area (Å²) < 4.78 is 29.5. The summed E-state index contributed by atoms with van der Waals surface area (Å²) in [5.74, 6) is 1.27. The van der Waals surface area contributed by atoms with Crippen molar-refractivity contribution in [1.82, 2.24) is 0 Å². The van der Waals surface area contributed by atoms with Crippen molar-refractivity contribution in [1.29, 1.82) is 0 Å². The topological polar surface area (TPSA) is 27.7 Å². The Labute approximate surface area is 128 Å². The third kappa shape index (κ3) is 3.58. The van der Waals surface area contributed by atoms with Gasteiger partial charge in [0.1, 0.15) is 6.61 Å². The second-order valence-corrected chi connectivity index (χ2v) is 4.61. The predicted molar refractivity (Wildman–Crippen MR) is 79.8 cm³/mol. The fourth-order valence-corrected chi connectivity index (χ4v) is 2.16. The lowest BCUT2D eigenvalue weighted by Crippen LogP contribution is -2.01. The van der Waals surface area contributed by atoms with Gasteiger partial charge in [0, 0.05) is 5.56 Å². The lowest BCUT2D eigenvalue weighted by molar-refractivity contribution is 0.281. The van der Waals surface area contributed by atoms with Gasteiger partial charge in [0.25, 0.3) is 0 Å². The Kier molecular flexibility index (Phi) is 5.28. The monoisotopic (exact) mass is 310 g/mol. The Balaban J connectivity index is 2.18. The smallest absolute Gasteiger partial charge is 0.166 e. The molecule has 0 amide bonds. The maximum atomic E-state index is 13.6. The summed E-state index contributed by atoms with van der Waals surface area (Å²) in [5.41, 5.74) is 1.52. The van der Waals surface area contributed by atoms with Crippen molar-refractivity contribution in [3.8, 4) is 17.2 Å². The van der Waals surface area contributed by atoms with Crippen LogP contribution in [0.25, 0.3) is 0 Å². The maximum Gasteiger partial charge on any atom is 0.166 e. The fourth-order valence-electron chi connectivity index (χ4n) is 1.95. The van der Waals surface area contributed by atoms with Gasteiger partial charge >= 0.3 is 0 Å². The summed E-state index contributed by atoms with van der Waals surface area (Å²) in [7, 11) is 2.99. The molecule has 0 N–H and O–H groups in total. The second kappa shape index (κ2) is 7.18. The molecule has 0 bridgehead atoms. The normalized spacial score (nSPS) is 10.3. The highest BCUT2D eigenvalue weighted by Crippen LogP contribution is 2.33. The average molecular weight is 311 g/mol. The Morgan fingerprint density at radius 3 is 2.43 bits per heavy atom. The number of rotatable bonds is 6. The molecule has 5 heteroatoms. The largest absolute Gasteiger partial charge is 0.494 e. The zero-order valence-electron chi connectivity index (χ0n) is 11.9. The lowest BCUT2D eigenvalue weighted by Gasteiger charge is -2.14. The number of halogens is 2. The van der Waals surface area contributed by atoms with Gasteiger partial charge in [-0.05, 0) is 23.8 Å². The molecule has 112 valence electrons. The Morgan fingerprint density at radius 1 is 1.05 bits per heavy atom. The molecule has 0 unspecified atom stereocenters. The minimum absolute atomic E-state index is 0.206. The van der Waals surface area contributed by atoms with Gasteiger partial charge in [-0.25, -0.2) is 4.39 Å². The second-order valence-electron chi connectivity index (χ2n) is 4.34. The number of para-hydroxylation sites is 1. The number of ether oxygens (including phenoxy) is 3. The molecule has 0 aromatic heterocycles. The van der Waals surface area contributed by atoms with Crippen LogP contribution in [-0.2, 0) is 12.5 Å². The molecule has 21 heavy (non-hydrogen) atoms. The molecule has 0 aliphatic heterocycles. The van der Waals surface area contributed by atoms with Crippen molar-refractivity contribution in [2.75, 3.05) is 14.2 Å². The van der Waals surface area contributed by atoms with Gasteiger partial charge in [0.15, 0.2) is 23.1 Å². The molecule has 0 radical (unpaired) electrons. The van der Waals surface area contributed by atoms with Crippen LogP contribution < -0.4 is 14.2 Å². The van der Waals surface area contributed by atoms with E-state index in [-0.39, 0.29) is 12.4 Å². The molecular weight excluding hydrogens is 295 g/mol. The molecule has 2 aromatic carbocycles. The van der Waals surface area contributed by atoms with Crippen LogP contribution >= 0.6 is 11.6 Å². The molecule has 0 fully saturated rings. The van der Waals surface area contributed by atoms with E-state index in [9.17, 15) is 4.39 Å². The van der Waals surface area contributed by atoms with Crippen LogP contribution in [0.15, 0.2) is 36.4 Å². The third-order valence-corrected chi connectivity index (χ3v) is 3.31. The Bertz CT molecular complexity index is 594. The van der Waals surface area contributed by atoms with Crippen molar-refractivity contribution in [2.45, 2.75) is 12.5 Å². The van der Waals surface area contributed by atoms with Gasteiger partial charge in [0.05, 0.1) is 20.1 Å². The molecule has 0 aliphatic rings. The predicted octanol–water partition coefficient (Wildman–Crippen LogP) is 4.16. The first kappa shape index (κ1) is 15.4. The van der Waals surface area contributed by atoms with Crippen LogP contribution in [-0.4, -0.2) is 14.2 Å². The summed E-state index contributed by atoms with van der Waals surface area (Å²) in [5, 5.41) is 0. The first-order chi connectivity index (χ1) is 10.2. The summed E-state index contributed by atoms with van der Waals surface area (Å²) in [6.45, 7) is 0.213. The van der Waals surface area contributed by atoms with Crippen molar-refractivity contribution in [3.05, 3.63) is 53.3 Å². The molecule has 0 saturated carbocycles. The van der Waals surface area contributed by atoms with Crippen LogP contribution in [0, 0.1) is 5.82 Å². The Morgan fingerprint density at radius 2 is 1.81 bits per heavy atom. The number of hydrogen-bond acceptors (Lipinski definition) is 3. The van der Waals surface area contributed by atoms with Crippen LogP contribution in [0.2, 0.25) is 0 Å². The van der Waals surface area contributed by atoms with Crippen LogP contribution in [0.4, 0.5) is 4.39 Å². The van der Waals surface area contributed by atoms with Crippen molar-refractivity contribution < 1.29 is 18.6 Å². The SMILES string of the molecule is COc1ccc(COc2c(CCl)cccc2OC)cc1F. The van der Waals surface area contributed by atoms with Crippen molar-refractivity contribution in [3.63, 3.8) is 0 Å². The summed E-state index contributed by atoms with van der Waals surface area (Å²) >= 11 is 5.90. The minimum Gasteiger partial charge on any atom is -0.494 e. The van der Waals surface area contributed by atoms with E-state index < -0.39 is 5.82 Å².